The number of hydrogen-bond acceptors (Lipinski definition) is 0. The molecule has 0 aliphatic heterocycles. The van der Waals surface area contributed by atoms with Crippen LogP contribution in [0.25, 0.3) is 0 Å². The van der Waals surface area contributed by atoms with Crippen LogP contribution in [-0.4, -0.2) is 5.88 Å². The Morgan fingerprint density at radius 1 is 1.20 bits per heavy atom. The second-order valence-electron chi connectivity index (χ2n) is 2.92. The van der Waals surface area contributed by atoms with Crippen LogP contribution in [0, 0.1) is 5.92 Å². The van der Waals surface area contributed by atoms with E-state index in [-0.39, 0.29) is 0 Å². The fourth-order valence-electron chi connectivity index (χ4n) is 1.07. The smallest absolute Gasteiger partial charge is 0.0251 e. The Balaban J connectivity index is 3.09. The lowest BCUT2D eigenvalue weighted by Gasteiger charge is -2.09. The van der Waals surface area contributed by atoms with Crippen molar-refractivity contribution >= 4 is 11.6 Å². The highest BCUT2D eigenvalue weighted by molar-refractivity contribution is 6.18. The first-order valence-corrected chi connectivity index (χ1v) is 4.94. The molecule has 0 aromatic heterocycles. The lowest BCUT2D eigenvalue weighted by Crippen LogP contribution is -1.99. The summed E-state index contributed by atoms with van der Waals surface area (Å²) in [5, 5.41) is 0. The molecular formula is C9H19Cl. The van der Waals surface area contributed by atoms with Crippen LogP contribution in [-0.2, 0) is 0 Å². The van der Waals surface area contributed by atoms with Gasteiger partial charge >= 0.3 is 0 Å². The Labute approximate surface area is 70.0 Å². The Bertz CT molecular complexity index is 57.7. The van der Waals surface area contributed by atoms with E-state index in [1.54, 1.807) is 0 Å². The topological polar surface area (TPSA) is 0 Å². The highest BCUT2D eigenvalue weighted by Crippen LogP contribution is 2.14. The third-order valence-corrected chi connectivity index (χ3v) is 2.45. The van der Waals surface area contributed by atoms with Crippen molar-refractivity contribution in [2.75, 3.05) is 5.88 Å². The van der Waals surface area contributed by atoms with Crippen molar-refractivity contribution in [3.63, 3.8) is 0 Å². The van der Waals surface area contributed by atoms with E-state index in [4.69, 9.17) is 11.6 Å². The molecule has 0 rings (SSSR count). The molecule has 0 saturated carbocycles. The molecule has 0 spiro atoms. The summed E-state index contributed by atoms with van der Waals surface area (Å²) >= 11 is 5.75. The normalized spacial score (nSPS) is 13.5. The van der Waals surface area contributed by atoms with Crippen LogP contribution in [0.2, 0.25) is 0 Å². The van der Waals surface area contributed by atoms with Gasteiger partial charge in [-0.25, -0.2) is 0 Å². The van der Waals surface area contributed by atoms with E-state index in [1.165, 1.54) is 32.1 Å². The van der Waals surface area contributed by atoms with E-state index in [9.17, 15) is 0 Å². The van der Waals surface area contributed by atoms with Crippen LogP contribution in [0.5, 0.6) is 0 Å². The molecule has 0 fully saturated rings. The Morgan fingerprint density at radius 3 is 2.30 bits per heavy atom. The zero-order valence-corrected chi connectivity index (χ0v) is 7.95. The fraction of sp³-hybridized carbons (Fsp3) is 1.00. The Hall–Kier alpha value is 0.290. The van der Waals surface area contributed by atoms with E-state index in [0.29, 0.717) is 0 Å². The van der Waals surface area contributed by atoms with E-state index >= 15 is 0 Å². The van der Waals surface area contributed by atoms with Gasteiger partial charge in [0.2, 0.25) is 0 Å². The molecular weight excluding hydrogens is 144 g/mol. The minimum absolute atomic E-state index is 0.771. The molecule has 0 saturated heterocycles. The third kappa shape index (κ3) is 5.10. The molecule has 0 aromatic carbocycles. The van der Waals surface area contributed by atoms with Crippen molar-refractivity contribution < 1.29 is 0 Å². The molecule has 0 aromatic rings. The maximum Gasteiger partial charge on any atom is 0.0251 e. The maximum absolute atomic E-state index is 5.75. The molecule has 10 heavy (non-hydrogen) atoms. The number of alkyl halides is 1. The Morgan fingerprint density at radius 2 is 1.90 bits per heavy atom. The van der Waals surface area contributed by atoms with Gasteiger partial charge in [0.25, 0.3) is 0 Å². The minimum atomic E-state index is 0.771. The summed E-state index contributed by atoms with van der Waals surface area (Å²) < 4.78 is 0. The highest BCUT2D eigenvalue weighted by Gasteiger charge is 2.02. The van der Waals surface area contributed by atoms with Crippen molar-refractivity contribution in [1.29, 1.82) is 0 Å². The zero-order valence-electron chi connectivity index (χ0n) is 7.20. The molecule has 0 nitrogen and oxygen atoms in total. The molecule has 1 unspecified atom stereocenters. The molecule has 0 aliphatic rings. The van der Waals surface area contributed by atoms with Gasteiger partial charge in [-0.1, -0.05) is 39.5 Å². The summed E-state index contributed by atoms with van der Waals surface area (Å²) in [6.45, 7) is 4.46. The van der Waals surface area contributed by atoms with Gasteiger partial charge in [-0.3, -0.25) is 0 Å². The predicted molar refractivity (Wildman–Crippen MR) is 48.6 cm³/mol. The molecule has 62 valence electrons. The van der Waals surface area contributed by atoms with Crippen molar-refractivity contribution in [2.24, 2.45) is 5.92 Å². The van der Waals surface area contributed by atoms with Gasteiger partial charge in [0, 0.05) is 5.88 Å². The molecule has 1 atom stereocenters. The number of rotatable bonds is 6. The quantitative estimate of drug-likeness (QED) is 0.412. The van der Waals surface area contributed by atoms with Crippen molar-refractivity contribution in [3.8, 4) is 0 Å². The Kier molecular flexibility index (Phi) is 7.61. The zero-order chi connectivity index (χ0) is 7.82. The lowest BCUT2D eigenvalue weighted by molar-refractivity contribution is 0.487. The molecule has 1 heteroatoms. The average molecular weight is 163 g/mol. The van der Waals surface area contributed by atoms with Gasteiger partial charge in [0.1, 0.15) is 0 Å². The molecule has 0 bridgehead atoms. The lowest BCUT2D eigenvalue weighted by atomic mass is 10.0. The molecule has 0 aliphatic carbocycles. The van der Waals surface area contributed by atoms with Gasteiger partial charge in [0.15, 0.2) is 0 Å². The summed E-state index contributed by atoms with van der Waals surface area (Å²) in [5.74, 6) is 1.62. The fourth-order valence-corrected chi connectivity index (χ4v) is 1.45. The standard InChI is InChI=1S/C9H19Cl/c1-3-5-6-7-9(4-2)8-10/h9H,3-8H2,1-2H3. The summed E-state index contributed by atoms with van der Waals surface area (Å²) in [7, 11) is 0. The number of hydrogen-bond donors (Lipinski definition) is 0. The summed E-state index contributed by atoms with van der Waals surface area (Å²) in [6.07, 6.45) is 6.62. The number of unbranched alkanes of at least 4 members (excludes halogenated alkanes) is 2. The van der Waals surface area contributed by atoms with Crippen LogP contribution in [0.1, 0.15) is 46.0 Å². The van der Waals surface area contributed by atoms with Crippen LogP contribution in [0.4, 0.5) is 0 Å². The second kappa shape index (κ2) is 7.40. The average Bonchev–Trinajstić information content (AvgIpc) is 1.99. The molecule has 0 N–H and O–H groups in total. The van der Waals surface area contributed by atoms with Gasteiger partial charge < -0.3 is 0 Å². The van der Waals surface area contributed by atoms with Crippen LogP contribution in [0.15, 0.2) is 0 Å². The maximum atomic E-state index is 5.75. The van der Waals surface area contributed by atoms with Crippen molar-refractivity contribution in [2.45, 2.75) is 46.0 Å². The summed E-state index contributed by atoms with van der Waals surface area (Å²) in [6, 6.07) is 0. The summed E-state index contributed by atoms with van der Waals surface area (Å²) in [5.41, 5.74) is 0. The minimum Gasteiger partial charge on any atom is -0.126 e. The van der Waals surface area contributed by atoms with Crippen molar-refractivity contribution in [3.05, 3.63) is 0 Å². The number of halogens is 1. The van der Waals surface area contributed by atoms with Crippen molar-refractivity contribution in [1.82, 2.24) is 0 Å². The molecule has 0 radical (unpaired) electrons. The van der Waals surface area contributed by atoms with Gasteiger partial charge in [0.05, 0.1) is 0 Å². The first-order valence-electron chi connectivity index (χ1n) is 4.41. The van der Waals surface area contributed by atoms with Gasteiger partial charge in [-0.05, 0) is 12.3 Å². The van der Waals surface area contributed by atoms with Gasteiger partial charge in [-0.2, -0.15) is 0 Å². The second-order valence-corrected chi connectivity index (χ2v) is 3.23. The SMILES string of the molecule is CCCCCC(CC)CCl. The molecule has 0 amide bonds. The monoisotopic (exact) mass is 162 g/mol. The third-order valence-electron chi connectivity index (χ3n) is 2.01. The van der Waals surface area contributed by atoms with E-state index in [1.807, 2.05) is 0 Å². The largest absolute Gasteiger partial charge is 0.126 e. The first kappa shape index (κ1) is 10.3. The van der Waals surface area contributed by atoms with E-state index in [0.717, 1.165) is 11.8 Å². The first-order chi connectivity index (χ1) is 4.85. The summed E-state index contributed by atoms with van der Waals surface area (Å²) in [4.78, 5) is 0. The van der Waals surface area contributed by atoms with Crippen LogP contribution >= 0.6 is 11.6 Å². The molecule has 0 heterocycles. The van der Waals surface area contributed by atoms with Crippen LogP contribution in [0.3, 0.4) is 0 Å². The predicted octanol–water partition coefficient (Wildman–Crippen LogP) is 3.83. The van der Waals surface area contributed by atoms with E-state index in [2.05, 4.69) is 13.8 Å². The van der Waals surface area contributed by atoms with Crippen LogP contribution < -0.4 is 0 Å². The highest BCUT2D eigenvalue weighted by atomic mass is 35.5. The van der Waals surface area contributed by atoms with Gasteiger partial charge in [-0.15, -0.1) is 11.6 Å². The van der Waals surface area contributed by atoms with E-state index < -0.39 is 0 Å².